The van der Waals surface area contributed by atoms with Gasteiger partial charge in [0.05, 0.1) is 0 Å². The molecular formula is C38H21BiN4O2Pd2. The Hall–Kier alpha value is -3.93. The van der Waals surface area contributed by atoms with Crippen molar-refractivity contribution in [3.63, 3.8) is 0 Å². The van der Waals surface area contributed by atoms with Crippen LogP contribution in [0.15, 0.2) is 128 Å². The molecule has 8 rings (SSSR count). The molecule has 4 aromatic carbocycles. The van der Waals surface area contributed by atoms with Gasteiger partial charge in [0, 0.05) is 0 Å². The average Bonchev–Trinajstić information content (AvgIpc) is 3.42. The average molecular weight is 987 g/mol. The van der Waals surface area contributed by atoms with Gasteiger partial charge >= 0.3 is 311 Å². The van der Waals surface area contributed by atoms with Crippen LogP contribution >= 0.6 is 0 Å². The molecule has 1 aliphatic rings. The topological polar surface area (TPSA) is 70.0 Å². The van der Waals surface area contributed by atoms with Gasteiger partial charge in [-0.05, 0) is 0 Å². The molecule has 0 aliphatic carbocycles. The van der Waals surface area contributed by atoms with Crippen LogP contribution in [-0.4, -0.2) is 41.7 Å². The Morgan fingerprint density at radius 3 is 1.36 bits per heavy atom. The number of rotatable bonds is 7. The predicted octanol–water partition coefficient (Wildman–Crippen LogP) is 5.88. The van der Waals surface area contributed by atoms with Crippen molar-refractivity contribution >= 4 is 31.8 Å². The maximum atomic E-state index is 6.31. The predicted molar refractivity (Wildman–Crippen MR) is 173 cm³/mol. The summed E-state index contributed by atoms with van der Waals surface area (Å²) in [5.41, 5.74) is 5.62. The van der Waals surface area contributed by atoms with Gasteiger partial charge in [0.2, 0.25) is 0 Å². The molecule has 0 spiro atoms. The van der Waals surface area contributed by atoms with Gasteiger partial charge in [-0.2, -0.15) is 0 Å². The second-order valence-corrected chi connectivity index (χ2v) is 17.7. The zero-order valence-electron chi connectivity index (χ0n) is 24.3. The molecule has 0 radical (unpaired) electrons. The van der Waals surface area contributed by atoms with Crippen molar-refractivity contribution in [3.05, 3.63) is 152 Å². The molecule has 230 valence electrons. The van der Waals surface area contributed by atoms with Crippen LogP contribution in [0.3, 0.4) is 0 Å². The van der Waals surface area contributed by atoms with Crippen molar-refractivity contribution in [1.82, 2.24) is 19.9 Å². The first kappa shape index (κ1) is 33.0. The molecule has 0 bridgehead atoms. The quantitative estimate of drug-likeness (QED) is 0.147. The van der Waals surface area contributed by atoms with Gasteiger partial charge in [-0.15, -0.1) is 0 Å². The molecular weight excluding hydrogens is 966 g/mol. The molecule has 0 atom stereocenters. The maximum absolute atomic E-state index is 6.31. The fraction of sp³-hybridized carbons (Fsp3) is 0. The van der Waals surface area contributed by atoms with Crippen LogP contribution in [0.4, 0.5) is 0 Å². The first-order valence-corrected chi connectivity index (χ1v) is 19.4. The van der Waals surface area contributed by atoms with E-state index in [-0.39, 0.29) is 40.8 Å². The third-order valence-corrected chi connectivity index (χ3v) is 15.8. The number of hydrogen-bond acceptors (Lipinski definition) is 6. The van der Waals surface area contributed by atoms with Crippen LogP contribution in [0, 0.1) is 24.3 Å². The molecule has 0 unspecified atom stereocenters. The summed E-state index contributed by atoms with van der Waals surface area (Å²) in [6, 6.07) is 47.0. The first-order chi connectivity index (χ1) is 22.3. The van der Waals surface area contributed by atoms with Gasteiger partial charge < -0.3 is 0 Å². The Labute approximate surface area is 308 Å². The summed E-state index contributed by atoms with van der Waals surface area (Å²) in [7, 11) is 0. The molecule has 0 amide bonds. The van der Waals surface area contributed by atoms with Crippen molar-refractivity contribution in [2.45, 2.75) is 0 Å². The van der Waals surface area contributed by atoms with Crippen LogP contribution in [0.2, 0.25) is 0 Å². The second-order valence-electron chi connectivity index (χ2n) is 10.0. The van der Waals surface area contributed by atoms with Gasteiger partial charge in [0.25, 0.3) is 0 Å². The molecule has 3 aromatic heterocycles. The minimum absolute atomic E-state index is 0. The molecule has 0 N–H and O–H groups in total. The summed E-state index contributed by atoms with van der Waals surface area (Å²) >= 11 is -3.02. The van der Waals surface area contributed by atoms with E-state index in [0.717, 1.165) is 43.7 Å². The Bertz CT molecular complexity index is 2000. The molecule has 7 aromatic rings. The Balaban J connectivity index is 0.00000193. The van der Waals surface area contributed by atoms with Crippen LogP contribution in [0.25, 0.3) is 33.6 Å². The summed E-state index contributed by atoms with van der Waals surface area (Å²) in [5, 5.41) is 0. The Morgan fingerprint density at radius 1 is 0.426 bits per heavy atom. The van der Waals surface area contributed by atoms with E-state index >= 15 is 0 Å². The van der Waals surface area contributed by atoms with E-state index in [2.05, 4.69) is 46.4 Å². The van der Waals surface area contributed by atoms with Crippen molar-refractivity contribution in [1.29, 1.82) is 0 Å². The Morgan fingerprint density at radius 2 is 0.894 bits per heavy atom. The molecule has 0 saturated carbocycles. The summed E-state index contributed by atoms with van der Waals surface area (Å²) in [6.45, 7) is 0. The van der Waals surface area contributed by atoms with Gasteiger partial charge in [-0.3, -0.25) is 0 Å². The van der Waals surface area contributed by atoms with Crippen molar-refractivity contribution in [3.8, 4) is 56.6 Å². The van der Waals surface area contributed by atoms with E-state index in [9.17, 15) is 0 Å². The fourth-order valence-corrected chi connectivity index (χ4v) is 14.1. The minimum atomic E-state index is -3.02. The number of ether oxygens (including phenoxy) is 2. The summed E-state index contributed by atoms with van der Waals surface area (Å²) in [6.07, 6.45) is 7.14. The molecule has 6 nitrogen and oxygen atoms in total. The van der Waals surface area contributed by atoms with E-state index < -0.39 is 21.8 Å². The summed E-state index contributed by atoms with van der Waals surface area (Å²) in [5.74, 6) is 2.42. The SMILES string of the molecule is [Pd+2].[Pd+2].[c-]1c(Oc2[c-][c]3c(cc2)-c2ccc(Oc4[c-]c(-c5ccccn5)ccc4)[c-][c]2[Bi]3[c]2ncccn2)cccc1-c1ccccn1. The number of aromatic nitrogens is 4. The van der Waals surface area contributed by atoms with E-state index in [1.165, 1.54) is 0 Å². The molecule has 0 saturated heterocycles. The van der Waals surface area contributed by atoms with Gasteiger partial charge in [-0.1, -0.05) is 0 Å². The zero-order valence-corrected chi connectivity index (χ0v) is 30.9. The molecule has 1 aliphatic heterocycles. The van der Waals surface area contributed by atoms with E-state index in [1.54, 1.807) is 24.8 Å². The van der Waals surface area contributed by atoms with Crippen LogP contribution in [0.5, 0.6) is 23.0 Å². The first-order valence-electron chi connectivity index (χ1n) is 14.2. The third-order valence-electron chi connectivity index (χ3n) is 7.14. The summed E-state index contributed by atoms with van der Waals surface area (Å²) < 4.78 is 15.7. The molecule has 0 fully saturated rings. The number of benzene rings is 4. The standard InChI is InChI=1S/C34H18N2O2.C4H3N2.Bi.2Pd/c1-3-21-35-33(11-1)27-7-5-9-31(23-27)37-29-17-13-25(14-18-29)26-15-19-30(20-16-26)38-32-10-6-8-28(24-32)34-12-2-4-22-36-34;1-2-5-4-6-3-1;;;/h1-13,15,17,19,21-22H;1-3H;;;/q-4;;;2*+2. The third kappa shape index (κ3) is 7.02. The Kier molecular flexibility index (Phi) is 10.4. The number of hydrogen-bond donors (Lipinski definition) is 0. The zero-order chi connectivity index (χ0) is 30.0. The summed E-state index contributed by atoms with van der Waals surface area (Å²) in [4.78, 5) is 18.3. The van der Waals surface area contributed by atoms with Gasteiger partial charge in [0.15, 0.2) is 0 Å². The van der Waals surface area contributed by atoms with E-state index in [4.69, 9.17) is 19.4 Å². The van der Waals surface area contributed by atoms with Crippen LogP contribution < -0.4 is 19.5 Å². The van der Waals surface area contributed by atoms with E-state index in [0.29, 0.717) is 23.0 Å². The molecule has 4 heterocycles. The van der Waals surface area contributed by atoms with Gasteiger partial charge in [0.1, 0.15) is 0 Å². The number of nitrogens with zero attached hydrogens (tertiary/aromatic N) is 4. The van der Waals surface area contributed by atoms with Crippen molar-refractivity contribution in [2.24, 2.45) is 0 Å². The number of fused-ring (bicyclic) bond motifs is 3. The van der Waals surface area contributed by atoms with Crippen molar-refractivity contribution in [2.75, 3.05) is 0 Å². The monoisotopic (exact) mass is 986 g/mol. The van der Waals surface area contributed by atoms with Crippen LogP contribution in [0.1, 0.15) is 0 Å². The van der Waals surface area contributed by atoms with Crippen molar-refractivity contribution < 1.29 is 50.3 Å². The van der Waals surface area contributed by atoms with Crippen LogP contribution in [-0.2, 0) is 40.8 Å². The van der Waals surface area contributed by atoms with Gasteiger partial charge in [-0.25, -0.2) is 0 Å². The second kappa shape index (κ2) is 14.9. The molecule has 47 heavy (non-hydrogen) atoms. The normalized spacial score (nSPS) is 11.4. The number of pyridine rings is 2. The fourth-order valence-electron chi connectivity index (χ4n) is 5.15. The molecule has 9 heteroatoms. The van der Waals surface area contributed by atoms with E-state index in [1.807, 2.05) is 91.0 Å².